The van der Waals surface area contributed by atoms with Crippen LogP contribution in [0.25, 0.3) is 6.08 Å². The maximum absolute atomic E-state index is 11.9. The van der Waals surface area contributed by atoms with Crippen molar-refractivity contribution in [2.45, 2.75) is 0 Å². The van der Waals surface area contributed by atoms with E-state index in [4.69, 9.17) is 5.11 Å². The van der Waals surface area contributed by atoms with Gasteiger partial charge in [-0.05, 0) is 42.0 Å². The van der Waals surface area contributed by atoms with Crippen LogP contribution in [0.4, 0.5) is 5.69 Å². The quantitative estimate of drug-likeness (QED) is 0.296. The molecule has 0 saturated carbocycles. The Morgan fingerprint density at radius 3 is 2.29 bits per heavy atom. The molecular weight excluding hydrogens is 274 g/mol. The summed E-state index contributed by atoms with van der Waals surface area (Å²) in [5.74, 6) is -1.03. The van der Waals surface area contributed by atoms with E-state index in [-0.39, 0.29) is 28.5 Å². The van der Waals surface area contributed by atoms with Gasteiger partial charge in [-0.1, -0.05) is 6.08 Å². The fourth-order valence-corrected chi connectivity index (χ4v) is 1.65. The SMILES string of the molecule is O=C(/C=C/c1ccc([N+](=O)[O-])cc1)c1ccc(O)c(O)c1. The first-order valence-corrected chi connectivity index (χ1v) is 5.96. The molecule has 21 heavy (non-hydrogen) atoms. The molecule has 0 aliphatic rings. The highest BCUT2D eigenvalue weighted by atomic mass is 16.6. The molecule has 2 aromatic rings. The van der Waals surface area contributed by atoms with E-state index in [1.807, 2.05) is 0 Å². The number of nitro benzene ring substituents is 1. The van der Waals surface area contributed by atoms with Gasteiger partial charge in [-0.25, -0.2) is 0 Å². The normalized spacial score (nSPS) is 10.7. The molecule has 0 aliphatic carbocycles. The number of benzene rings is 2. The van der Waals surface area contributed by atoms with Crippen LogP contribution in [-0.4, -0.2) is 20.9 Å². The van der Waals surface area contributed by atoms with Crippen LogP contribution in [0.5, 0.6) is 11.5 Å². The minimum absolute atomic E-state index is 0.0260. The van der Waals surface area contributed by atoms with Crippen LogP contribution >= 0.6 is 0 Å². The average Bonchev–Trinajstić information content (AvgIpc) is 2.48. The highest BCUT2D eigenvalue weighted by molar-refractivity contribution is 6.07. The largest absolute Gasteiger partial charge is 0.504 e. The molecule has 106 valence electrons. The number of aromatic hydroxyl groups is 2. The zero-order valence-electron chi connectivity index (χ0n) is 10.8. The van der Waals surface area contributed by atoms with Crippen molar-refractivity contribution < 1.29 is 19.9 Å². The molecule has 0 aromatic heterocycles. The first-order valence-electron chi connectivity index (χ1n) is 5.96. The van der Waals surface area contributed by atoms with E-state index in [9.17, 15) is 20.0 Å². The number of rotatable bonds is 4. The first kappa shape index (κ1) is 14.3. The summed E-state index contributed by atoms with van der Waals surface area (Å²) in [6.45, 7) is 0. The average molecular weight is 285 g/mol. The zero-order chi connectivity index (χ0) is 15.4. The van der Waals surface area contributed by atoms with Crippen LogP contribution in [0.2, 0.25) is 0 Å². The van der Waals surface area contributed by atoms with Crippen LogP contribution in [0, 0.1) is 10.1 Å². The lowest BCUT2D eigenvalue weighted by atomic mass is 10.1. The van der Waals surface area contributed by atoms with Crippen molar-refractivity contribution in [2.75, 3.05) is 0 Å². The van der Waals surface area contributed by atoms with Crippen LogP contribution in [0.3, 0.4) is 0 Å². The number of phenolic OH excluding ortho intramolecular Hbond substituents is 2. The Kier molecular flexibility index (Phi) is 3.99. The molecule has 0 spiro atoms. The molecule has 2 N–H and O–H groups in total. The van der Waals surface area contributed by atoms with E-state index in [0.717, 1.165) is 6.07 Å². The second kappa shape index (κ2) is 5.87. The van der Waals surface area contributed by atoms with E-state index in [0.29, 0.717) is 5.56 Å². The van der Waals surface area contributed by atoms with Gasteiger partial charge in [-0.15, -0.1) is 0 Å². The maximum atomic E-state index is 11.9. The summed E-state index contributed by atoms with van der Waals surface area (Å²) >= 11 is 0. The monoisotopic (exact) mass is 285 g/mol. The fraction of sp³-hybridized carbons (Fsp3) is 0. The van der Waals surface area contributed by atoms with Crippen molar-refractivity contribution in [1.82, 2.24) is 0 Å². The van der Waals surface area contributed by atoms with Gasteiger partial charge in [0.05, 0.1) is 4.92 Å². The van der Waals surface area contributed by atoms with Gasteiger partial charge >= 0.3 is 0 Å². The lowest BCUT2D eigenvalue weighted by molar-refractivity contribution is -0.384. The van der Waals surface area contributed by atoms with E-state index < -0.39 is 4.92 Å². The molecule has 2 aromatic carbocycles. The second-order valence-corrected chi connectivity index (χ2v) is 4.25. The molecule has 6 nitrogen and oxygen atoms in total. The van der Waals surface area contributed by atoms with Gasteiger partial charge in [0, 0.05) is 17.7 Å². The van der Waals surface area contributed by atoms with Crippen LogP contribution < -0.4 is 0 Å². The predicted molar refractivity (Wildman–Crippen MR) is 76.2 cm³/mol. The maximum Gasteiger partial charge on any atom is 0.269 e. The van der Waals surface area contributed by atoms with Crippen molar-refractivity contribution in [3.63, 3.8) is 0 Å². The molecule has 0 aliphatic heterocycles. The number of ketones is 1. The Labute approximate surface area is 119 Å². The van der Waals surface area contributed by atoms with E-state index in [1.165, 1.54) is 48.6 Å². The summed E-state index contributed by atoms with van der Waals surface area (Å²) in [4.78, 5) is 21.9. The lowest BCUT2D eigenvalue weighted by Crippen LogP contribution is -1.93. The molecule has 0 radical (unpaired) electrons. The lowest BCUT2D eigenvalue weighted by Gasteiger charge is -1.99. The number of allylic oxidation sites excluding steroid dienone is 1. The zero-order valence-corrected chi connectivity index (χ0v) is 10.8. The van der Waals surface area contributed by atoms with Gasteiger partial charge in [0.15, 0.2) is 17.3 Å². The van der Waals surface area contributed by atoms with Crippen LogP contribution in [0.15, 0.2) is 48.5 Å². The van der Waals surface area contributed by atoms with Crippen LogP contribution in [0.1, 0.15) is 15.9 Å². The summed E-state index contributed by atoms with van der Waals surface area (Å²) in [5, 5.41) is 29.0. The van der Waals surface area contributed by atoms with Crippen molar-refractivity contribution in [3.05, 3.63) is 69.8 Å². The summed E-state index contributed by atoms with van der Waals surface area (Å²) < 4.78 is 0. The van der Waals surface area contributed by atoms with Gasteiger partial charge in [-0.2, -0.15) is 0 Å². The van der Waals surface area contributed by atoms with Gasteiger partial charge < -0.3 is 10.2 Å². The molecule has 0 amide bonds. The molecule has 0 heterocycles. The number of nitro groups is 1. The number of phenols is 2. The number of non-ortho nitro benzene ring substituents is 1. The first-order chi connectivity index (χ1) is 9.97. The molecular formula is C15H11NO5. The predicted octanol–water partition coefficient (Wildman–Crippen LogP) is 2.90. The number of carbonyl (C=O) groups is 1. The third-order valence-electron chi connectivity index (χ3n) is 2.79. The summed E-state index contributed by atoms with van der Waals surface area (Å²) in [6, 6.07) is 9.51. The van der Waals surface area contributed by atoms with Crippen molar-refractivity contribution >= 4 is 17.5 Å². The van der Waals surface area contributed by atoms with Gasteiger partial charge in [-0.3, -0.25) is 14.9 Å². The Morgan fingerprint density at radius 1 is 1.05 bits per heavy atom. The molecule has 2 rings (SSSR count). The minimum Gasteiger partial charge on any atom is -0.504 e. The molecule has 0 fully saturated rings. The highest BCUT2D eigenvalue weighted by Crippen LogP contribution is 2.25. The molecule has 0 unspecified atom stereocenters. The molecule has 0 saturated heterocycles. The summed E-state index contributed by atoms with van der Waals surface area (Å²) in [5.41, 5.74) is 0.836. The van der Waals surface area contributed by atoms with E-state index >= 15 is 0 Å². The third-order valence-corrected chi connectivity index (χ3v) is 2.79. The summed E-state index contributed by atoms with van der Waals surface area (Å²) in [6.07, 6.45) is 2.79. The Bertz CT molecular complexity index is 719. The molecule has 6 heteroatoms. The third kappa shape index (κ3) is 3.44. The number of hydrogen-bond acceptors (Lipinski definition) is 5. The van der Waals surface area contributed by atoms with Crippen molar-refractivity contribution in [2.24, 2.45) is 0 Å². The van der Waals surface area contributed by atoms with Gasteiger partial charge in [0.25, 0.3) is 5.69 Å². The minimum atomic E-state index is -0.502. The second-order valence-electron chi connectivity index (χ2n) is 4.25. The number of nitrogens with zero attached hydrogens (tertiary/aromatic N) is 1. The van der Waals surface area contributed by atoms with E-state index in [2.05, 4.69) is 0 Å². The van der Waals surface area contributed by atoms with Gasteiger partial charge in [0.1, 0.15) is 0 Å². The highest BCUT2D eigenvalue weighted by Gasteiger charge is 2.06. The van der Waals surface area contributed by atoms with Crippen molar-refractivity contribution in [1.29, 1.82) is 0 Å². The topological polar surface area (TPSA) is 101 Å². The Balaban J connectivity index is 2.14. The van der Waals surface area contributed by atoms with Gasteiger partial charge in [0.2, 0.25) is 0 Å². The summed E-state index contributed by atoms with van der Waals surface area (Å²) in [7, 11) is 0. The van der Waals surface area contributed by atoms with E-state index in [1.54, 1.807) is 0 Å². The van der Waals surface area contributed by atoms with Crippen molar-refractivity contribution in [3.8, 4) is 11.5 Å². The fourth-order valence-electron chi connectivity index (χ4n) is 1.65. The molecule has 0 atom stereocenters. The smallest absolute Gasteiger partial charge is 0.269 e. The number of hydrogen-bond donors (Lipinski definition) is 2. The Morgan fingerprint density at radius 2 is 1.71 bits per heavy atom. The molecule has 0 bridgehead atoms. The standard InChI is InChI=1S/C15H11NO5/c17-13(11-4-8-14(18)15(19)9-11)7-3-10-1-5-12(6-2-10)16(20)21/h1-9,18-19H/b7-3+. The van der Waals surface area contributed by atoms with Crippen LogP contribution in [-0.2, 0) is 0 Å². The number of carbonyl (C=O) groups excluding carboxylic acids is 1. The Hall–Kier alpha value is -3.15.